The standard InChI is InChI=1S/C27H28N4O/c32-27(25-10-2-1-8-23(25)20-31-17-6-15-29-31)30-16-5-7-21(13-18-30)19-22-9-3-12-26-24(22)11-4-14-28-26/h1-4,6,8-12,14-15,17,21H,5,7,13,16,18-20H2/t21-/m0/s1. The molecule has 3 heterocycles. The van der Waals surface area contributed by atoms with Crippen LogP contribution in [0.1, 0.15) is 40.7 Å². The molecule has 5 heteroatoms. The zero-order chi connectivity index (χ0) is 21.8. The van der Waals surface area contributed by atoms with Gasteiger partial charge < -0.3 is 4.90 Å². The van der Waals surface area contributed by atoms with Crippen LogP contribution in [0.2, 0.25) is 0 Å². The highest BCUT2D eigenvalue weighted by molar-refractivity contribution is 5.95. The normalized spacial score (nSPS) is 16.8. The number of hydrogen-bond acceptors (Lipinski definition) is 3. The van der Waals surface area contributed by atoms with E-state index in [1.807, 2.05) is 58.4 Å². The molecule has 162 valence electrons. The van der Waals surface area contributed by atoms with Crippen molar-refractivity contribution in [2.75, 3.05) is 13.1 Å². The van der Waals surface area contributed by atoms with E-state index < -0.39 is 0 Å². The number of aromatic nitrogens is 3. The third-order valence-electron chi connectivity index (χ3n) is 6.52. The number of nitrogens with zero attached hydrogens (tertiary/aromatic N) is 4. The Kier molecular flexibility index (Phi) is 5.97. The first-order valence-electron chi connectivity index (χ1n) is 11.4. The summed E-state index contributed by atoms with van der Waals surface area (Å²) >= 11 is 0. The quantitative estimate of drug-likeness (QED) is 0.455. The molecule has 5 rings (SSSR count). The van der Waals surface area contributed by atoms with E-state index in [0.717, 1.165) is 55.4 Å². The van der Waals surface area contributed by atoms with E-state index in [-0.39, 0.29) is 5.91 Å². The number of benzene rings is 2. The zero-order valence-electron chi connectivity index (χ0n) is 18.2. The fraction of sp³-hybridized carbons (Fsp3) is 0.296. The minimum atomic E-state index is 0.141. The fourth-order valence-electron chi connectivity index (χ4n) is 4.83. The molecule has 1 aliphatic heterocycles. The summed E-state index contributed by atoms with van der Waals surface area (Å²) in [6.45, 7) is 2.24. The van der Waals surface area contributed by atoms with Crippen molar-refractivity contribution >= 4 is 16.8 Å². The molecular weight excluding hydrogens is 396 g/mol. The van der Waals surface area contributed by atoms with Crippen LogP contribution in [-0.4, -0.2) is 38.7 Å². The molecule has 1 aliphatic rings. The highest BCUT2D eigenvalue weighted by atomic mass is 16.2. The van der Waals surface area contributed by atoms with E-state index in [4.69, 9.17) is 0 Å². The van der Waals surface area contributed by atoms with Crippen LogP contribution in [0.5, 0.6) is 0 Å². The van der Waals surface area contributed by atoms with E-state index in [2.05, 4.69) is 34.3 Å². The predicted octanol–water partition coefficient (Wildman–Crippen LogP) is 4.96. The number of rotatable bonds is 5. The van der Waals surface area contributed by atoms with Crippen molar-refractivity contribution in [3.05, 3.63) is 95.9 Å². The third-order valence-corrected chi connectivity index (χ3v) is 6.52. The van der Waals surface area contributed by atoms with Gasteiger partial charge in [-0.1, -0.05) is 36.4 Å². The largest absolute Gasteiger partial charge is 0.339 e. The topological polar surface area (TPSA) is 51.0 Å². The number of pyridine rings is 1. The van der Waals surface area contributed by atoms with Crippen molar-refractivity contribution < 1.29 is 4.79 Å². The lowest BCUT2D eigenvalue weighted by molar-refractivity contribution is 0.0758. The Balaban J connectivity index is 1.28. The molecule has 0 aliphatic carbocycles. The minimum Gasteiger partial charge on any atom is -0.339 e. The summed E-state index contributed by atoms with van der Waals surface area (Å²) < 4.78 is 1.86. The molecule has 0 spiro atoms. The Hall–Kier alpha value is -3.47. The highest BCUT2D eigenvalue weighted by Crippen LogP contribution is 2.26. The van der Waals surface area contributed by atoms with Gasteiger partial charge in [-0.3, -0.25) is 14.5 Å². The molecule has 2 aromatic carbocycles. The highest BCUT2D eigenvalue weighted by Gasteiger charge is 2.23. The minimum absolute atomic E-state index is 0.141. The smallest absolute Gasteiger partial charge is 0.254 e. The van der Waals surface area contributed by atoms with Crippen LogP contribution >= 0.6 is 0 Å². The van der Waals surface area contributed by atoms with Crippen molar-refractivity contribution in [3.63, 3.8) is 0 Å². The zero-order valence-corrected chi connectivity index (χ0v) is 18.2. The molecule has 1 fully saturated rings. The van der Waals surface area contributed by atoms with Gasteiger partial charge in [0.25, 0.3) is 5.91 Å². The molecule has 32 heavy (non-hydrogen) atoms. The van der Waals surface area contributed by atoms with Crippen molar-refractivity contribution in [1.82, 2.24) is 19.7 Å². The molecular formula is C27H28N4O. The average Bonchev–Trinajstić information content (AvgIpc) is 3.23. The maximum Gasteiger partial charge on any atom is 0.254 e. The molecule has 0 saturated carbocycles. The monoisotopic (exact) mass is 424 g/mol. The van der Waals surface area contributed by atoms with Gasteiger partial charge in [0, 0.05) is 42.6 Å². The van der Waals surface area contributed by atoms with Gasteiger partial charge in [0.05, 0.1) is 12.1 Å². The van der Waals surface area contributed by atoms with Crippen molar-refractivity contribution in [1.29, 1.82) is 0 Å². The van der Waals surface area contributed by atoms with Crippen LogP contribution in [0.3, 0.4) is 0 Å². The lowest BCUT2D eigenvalue weighted by Crippen LogP contribution is -2.33. The Bertz CT molecular complexity index is 1200. The summed E-state index contributed by atoms with van der Waals surface area (Å²) in [5, 5.41) is 5.55. The van der Waals surface area contributed by atoms with Gasteiger partial charge in [-0.25, -0.2) is 0 Å². The van der Waals surface area contributed by atoms with Gasteiger partial charge in [-0.05, 0) is 67.0 Å². The Labute approximate surface area is 188 Å². The first-order chi connectivity index (χ1) is 15.8. The van der Waals surface area contributed by atoms with Crippen molar-refractivity contribution in [2.45, 2.75) is 32.2 Å². The SMILES string of the molecule is O=C(c1ccccc1Cn1cccn1)N1CCC[C@H](Cc2cccc3ncccc23)CC1. The summed E-state index contributed by atoms with van der Waals surface area (Å²) in [5.41, 5.74) is 4.24. The van der Waals surface area contributed by atoms with E-state index in [1.165, 1.54) is 10.9 Å². The van der Waals surface area contributed by atoms with Crippen LogP contribution in [0.25, 0.3) is 10.9 Å². The van der Waals surface area contributed by atoms with Crippen LogP contribution < -0.4 is 0 Å². The fourth-order valence-corrected chi connectivity index (χ4v) is 4.83. The van der Waals surface area contributed by atoms with Gasteiger partial charge >= 0.3 is 0 Å². The molecule has 0 unspecified atom stereocenters. The molecule has 1 atom stereocenters. The van der Waals surface area contributed by atoms with Crippen LogP contribution in [0.4, 0.5) is 0 Å². The number of carbonyl (C=O) groups is 1. The molecule has 2 aromatic heterocycles. The molecule has 1 saturated heterocycles. The van der Waals surface area contributed by atoms with Crippen LogP contribution in [0.15, 0.2) is 79.3 Å². The van der Waals surface area contributed by atoms with E-state index in [9.17, 15) is 4.79 Å². The predicted molar refractivity (Wildman–Crippen MR) is 126 cm³/mol. The van der Waals surface area contributed by atoms with Gasteiger partial charge in [-0.15, -0.1) is 0 Å². The first kappa shape index (κ1) is 20.4. The second-order valence-corrected chi connectivity index (χ2v) is 8.64. The number of likely N-dealkylation sites (tertiary alicyclic amines) is 1. The maximum atomic E-state index is 13.4. The molecule has 0 bridgehead atoms. The van der Waals surface area contributed by atoms with Gasteiger partial charge in [-0.2, -0.15) is 5.10 Å². The number of hydrogen-bond donors (Lipinski definition) is 0. The van der Waals surface area contributed by atoms with E-state index in [0.29, 0.717) is 12.5 Å². The summed E-state index contributed by atoms with van der Waals surface area (Å²) in [4.78, 5) is 20.0. The Morgan fingerprint density at radius 3 is 2.72 bits per heavy atom. The van der Waals surface area contributed by atoms with Crippen molar-refractivity contribution in [3.8, 4) is 0 Å². The maximum absolute atomic E-state index is 13.4. The van der Waals surface area contributed by atoms with Gasteiger partial charge in [0.15, 0.2) is 0 Å². The number of carbonyl (C=O) groups excluding carboxylic acids is 1. The van der Waals surface area contributed by atoms with Crippen LogP contribution in [-0.2, 0) is 13.0 Å². The summed E-state index contributed by atoms with van der Waals surface area (Å²) in [6.07, 6.45) is 9.82. The van der Waals surface area contributed by atoms with Gasteiger partial charge in [0.2, 0.25) is 0 Å². The van der Waals surface area contributed by atoms with E-state index >= 15 is 0 Å². The summed E-state index contributed by atoms with van der Waals surface area (Å²) in [7, 11) is 0. The van der Waals surface area contributed by atoms with Gasteiger partial charge in [0.1, 0.15) is 0 Å². The molecule has 4 aromatic rings. The molecule has 0 N–H and O–H groups in total. The summed E-state index contributed by atoms with van der Waals surface area (Å²) in [5.74, 6) is 0.723. The Morgan fingerprint density at radius 1 is 0.906 bits per heavy atom. The van der Waals surface area contributed by atoms with Crippen molar-refractivity contribution in [2.24, 2.45) is 5.92 Å². The second kappa shape index (κ2) is 9.35. The number of amides is 1. The van der Waals surface area contributed by atoms with E-state index in [1.54, 1.807) is 6.20 Å². The first-order valence-corrected chi connectivity index (χ1v) is 11.4. The van der Waals surface area contributed by atoms with Crippen LogP contribution in [0, 0.1) is 5.92 Å². The Morgan fingerprint density at radius 2 is 1.81 bits per heavy atom. The molecule has 0 radical (unpaired) electrons. The second-order valence-electron chi connectivity index (χ2n) is 8.64. The number of fused-ring (bicyclic) bond motifs is 1. The molecule has 1 amide bonds. The lowest BCUT2D eigenvalue weighted by atomic mass is 9.91. The third kappa shape index (κ3) is 4.42. The summed E-state index contributed by atoms with van der Waals surface area (Å²) in [6, 6.07) is 20.4. The average molecular weight is 425 g/mol. The lowest BCUT2D eigenvalue weighted by Gasteiger charge is -2.22. The molecule has 5 nitrogen and oxygen atoms in total.